The van der Waals surface area contributed by atoms with E-state index in [0.29, 0.717) is 12.2 Å². The van der Waals surface area contributed by atoms with Crippen molar-refractivity contribution in [3.8, 4) is 0 Å². The van der Waals surface area contributed by atoms with Gasteiger partial charge in [-0.3, -0.25) is 4.79 Å². The van der Waals surface area contributed by atoms with E-state index in [1.54, 1.807) is 6.20 Å². The van der Waals surface area contributed by atoms with Gasteiger partial charge in [-0.2, -0.15) is 5.10 Å². The summed E-state index contributed by atoms with van der Waals surface area (Å²) in [6.07, 6.45) is 2.04. The Morgan fingerprint density at radius 3 is 2.47 bits per heavy atom. The van der Waals surface area contributed by atoms with Crippen LogP contribution in [0.5, 0.6) is 0 Å². The first-order valence-electron chi connectivity index (χ1n) is 9.72. The molecule has 0 aliphatic heterocycles. The Hall–Kier alpha value is -3.93. The number of hydrogen-bond donors (Lipinski definition) is 2. The lowest BCUT2D eigenvalue weighted by Crippen LogP contribution is -2.14. The predicted molar refractivity (Wildman–Crippen MR) is 122 cm³/mol. The van der Waals surface area contributed by atoms with Crippen molar-refractivity contribution < 1.29 is 4.79 Å². The summed E-state index contributed by atoms with van der Waals surface area (Å²) in [6, 6.07) is 23.6. The second-order valence-electron chi connectivity index (χ2n) is 7.26. The molecule has 2 N–H and O–H groups in total. The summed E-state index contributed by atoms with van der Waals surface area (Å²) in [6.45, 7) is 0. The average molecular weight is 397 g/mol. The first-order chi connectivity index (χ1) is 14.6. The number of nitrogens with one attached hydrogen (secondary N) is 2. The van der Waals surface area contributed by atoms with E-state index in [1.165, 1.54) is 0 Å². The van der Waals surface area contributed by atoms with E-state index >= 15 is 0 Å². The van der Waals surface area contributed by atoms with Crippen molar-refractivity contribution in [2.24, 2.45) is 0 Å². The van der Waals surface area contributed by atoms with Crippen molar-refractivity contribution in [1.29, 1.82) is 0 Å². The van der Waals surface area contributed by atoms with Crippen LogP contribution in [0.25, 0.3) is 10.8 Å². The Morgan fingerprint density at radius 2 is 1.67 bits per heavy atom. The smallest absolute Gasteiger partial charge is 0.228 e. The maximum Gasteiger partial charge on any atom is 0.228 e. The van der Waals surface area contributed by atoms with Crippen molar-refractivity contribution >= 4 is 39.6 Å². The monoisotopic (exact) mass is 397 g/mol. The summed E-state index contributed by atoms with van der Waals surface area (Å²) in [5.41, 5.74) is 3.60. The minimum absolute atomic E-state index is 0.0448. The van der Waals surface area contributed by atoms with Gasteiger partial charge in [0.1, 0.15) is 0 Å². The van der Waals surface area contributed by atoms with E-state index in [1.807, 2.05) is 79.7 Å². The van der Waals surface area contributed by atoms with Crippen LogP contribution >= 0.6 is 0 Å². The van der Waals surface area contributed by atoms with Gasteiger partial charge in [0.2, 0.25) is 5.91 Å². The van der Waals surface area contributed by atoms with Gasteiger partial charge in [0.15, 0.2) is 5.82 Å². The highest BCUT2D eigenvalue weighted by Crippen LogP contribution is 2.21. The molecule has 0 spiro atoms. The number of rotatable bonds is 6. The van der Waals surface area contributed by atoms with Gasteiger partial charge in [-0.1, -0.05) is 42.5 Å². The number of carbonyl (C=O) groups excluding carboxylic acids is 1. The highest BCUT2D eigenvalue weighted by Gasteiger charge is 2.08. The molecule has 0 atom stereocenters. The molecule has 6 nitrogen and oxygen atoms in total. The standard InChI is InChI=1S/C24H23N5O/c1-29(2)21-15-23(28-25-16-21)26-19-10-12-20(13-11-19)27-24(30)14-18-8-5-7-17-6-3-4-9-22(17)18/h3-13,15-16H,14H2,1-2H3,(H,26,28)(H,27,30). The Bertz CT molecular complexity index is 1170. The SMILES string of the molecule is CN(C)c1cnnc(Nc2ccc(NC(=O)Cc3cccc4ccccc34)cc2)c1. The molecule has 30 heavy (non-hydrogen) atoms. The van der Waals surface area contributed by atoms with Crippen LogP contribution in [0.2, 0.25) is 0 Å². The second kappa shape index (κ2) is 8.61. The normalized spacial score (nSPS) is 10.6. The summed E-state index contributed by atoms with van der Waals surface area (Å²) < 4.78 is 0. The fraction of sp³-hybridized carbons (Fsp3) is 0.125. The first-order valence-corrected chi connectivity index (χ1v) is 9.72. The molecule has 0 radical (unpaired) electrons. The summed E-state index contributed by atoms with van der Waals surface area (Å²) in [5, 5.41) is 16.6. The summed E-state index contributed by atoms with van der Waals surface area (Å²) in [7, 11) is 3.91. The molecule has 0 saturated carbocycles. The van der Waals surface area contributed by atoms with Gasteiger partial charge in [-0.25, -0.2) is 0 Å². The fourth-order valence-corrected chi connectivity index (χ4v) is 3.27. The van der Waals surface area contributed by atoms with Gasteiger partial charge in [-0.05, 0) is 40.6 Å². The number of amides is 1. The Kier molecular flexibility index (Phi) is 5.57. The highest BCUT2D eigenvalue weighted by atomic mass is 16.1. The number of nitrogens with zero attached hydrogens (tertiary/aromatic N) is 3. The van der Waals surface area contributed by atoms with E-state index in [0.717, 1.165) is 33.4 Å². The van der Waals surface area contributed by atoms with Crippen molar-refractivity contribution in [2.45, 2.75) is 6.42 Å². The van der Waals surface area contributed by atoms with Crippen LogP contribution in [0, 0.1) is 0 Å². The summed E-state index contributed by atoms with van der Waals surface area (Å²) in [4.78, 5) is 14.5. The number of benzene rings is 3. The van der Waals surface area contributed by atoms with E-state index < -0.39 is 0 Å². The molecule has 6 heteroatoms. The van der Waals surface area contributed by atoms with Crippen LogP contribution in [0.4, 0.5) is 22.9 Å². The van der Waals surface area contributed by atoms with Gasteiger partial charge in [0.25, 0.3) is 0 Å². The third kappa shape index (κ3) is 4.55. The lowest BCUT2D eigenvalue weighted by atomic mass is 10.0. The molecule has 3 aromatic carbocycles. The zero-order chi connectivity index (χ0) is 20.9. The topological polar surface area (TPSA) is 70.2 Å². The lowest BCUT2D eigenvalue weighted by Gasteiger charge is -2.13. The second-order valence-corrected chi connectivity index (χ2v) is 7.26. The van der Waals surface area contributed by atoms with Crippen molar-refractivity contribution in [1.82, 2.24) is 10.2 Å². The molecule has 0 aliphatic carbocycles. The molecule has 0 saturated heterocycles. The third-order valence-corrected chi connectivity index (χ3v) is 4.83. The minimum atomic E-state index is -0.0448. The fourth-order valence-electron chi connectivity index (χ4n) is 3.27. The van der Waals surface area contributed by atoms with Crippen molar-refractivity contribution in [3.05, 3.63) is 84.6 Å². The molecule has 4 rings (SSSR count). The summed E-state index contributed by atoms with van der Waals surface area (Å²) in [5.74, 6) is 0.616. The maximum absolute atomic E-state index is 12.6. The lowest BCUT2D eigenvalue weighted by molar-refractivity contribution is -0.115. The van der Waals surface area contributed by atoms with Gasteiger partial charge < -0.3 is 15.5 Å². The van der Waals surface area contributed by atoms with Crippen molar-refractivity contribution in [3.63, 3.8) is 0 Å². The van der Waals surface area contributed by atoms with Crippen molar-refractivity contribution in [2.75, 3.05) is 29.6 Å². The molecule has 0 fully saturated rings. The molecule has 4 aromatic rings. The van der Waals surface area contributed by atoms with Crippen LogP contribution < -0.4 is 15.5 Å². The average Bonchev–Trinajstić information content (AvgIpc) is 2.75. The van der Waals surface area contributed by atoms with Crippen LogP contribution in [0.15, 0.2) is 79.0 Å². The third-order valence-electron chi connectivity index (χ3n) is 4.83. The zero-order valence-corrected chi connectivity index (χ0v) is 17.0. The minimum Gasteiger partial charge on any atom is -0.376 e. The molecule has 0 unspecified atom stereocenters. The Balaban J connectivity index is 1.41. The van der Waals surface area contributed by atoms with Crippen LogP contribution in [-0.2, 0) is 11.2 Å². The van der Waals surface area contributed by atoms with Crippen LogP contribution in [0.3, 0.4) is 0 Å². The van der Waals surface area contributed by atoms with E-state index in [2.05, 4.69) is 33.0 Å². The van der Waals surface area contributed by atoms with Crippen LogP contribution in [-0.4, -0.2) is 30.2 Å². The number of hydrogen-bond acceptors (Lipinski definition) is 5. The van der Waals surface area contributed by atoms with E-state index in [4.69, 9.17) is 0 Å². The highest BCUT2D eigenvalue weighted by molar-refractivity contribution is 5.96. The largest absolute Gasteiger partial charge is 0.376 e. The van der Waals surface area contributed by atoms with E-state index in [9.17, 15) is 4.79 Å². The van der Waals surface area contributed by atoms with Gasteiger partial charge in [0.05, 0.1) is 18.3 Å². The summed E-state index contributed by atoms with van der Waals surface area (Å²) >= 11 is 0. The molecule has 150 valence electrons. The predicted octanol–water partition coefficient (Wildman–Crippen LogP) is 4.62. The molecule has 1 heterocycles. The Labute approximate surface area is 175 Å². The molecule has 1 aromatic heterocycles. The maximum atomic E-state index is 12.6. The Morgan fingerprint density at radius 1 is 0.933 bits per heavy atom. The molecule has 0 bridgehead atoms. The molecule has 0 aliphatic rings. The van der Waals surface area contributed by atoms with Gasteiger partial charge in [-0.15, -0.1) is 5.10 Å². The van der Waals surface area contributed by atoms with Crippen LogP contribution in [0.1, 0.15) is 5.56 Å². The van der Waals surface area contributed by atoms with Gasteiger partial charge in [0, 0.05) is 31.5 Å². The number of anilines is 4. The first kappa shape index (κ1) is 19.4. The number of aromatic nitrogens is 2. The van der Waals surface area contributed by atoms with Gasteiger partial charge >= 0.3 is 0 Å². The molecular formula is C24H23N5O. The molecular weight excluding hydrogens is 374 g/mol. The number of fused-ring (bicyclic) bond motifs is 1. The quantitative estimate of drug-likeness (QED) is 0.497. The number of carbonyl (C=O) groups is 1. The van der Waals surface area contributed by atoms with E-state index in [-0.39, 0.29) is 5.91 Å². The molecule has 1 amide bonds. The zero-order valence-electron chi connectivity index (χ0n) is 17.0.